The Balaban J connectivity index is 1.89. The Morgan fingerprint density at radius 3 is 2.43 bits per heavy atom. The molecule has 1 aromatic rings. The molecule has 1 N–H and O–H groups in total. The van der Waals surface area contributed by atoms with Crippen molar-refractivity contribution in [3.05, 3.63) is 40.9 Å². The maximum atomic E-state index is 12.2. The first-order valence-electron chi connectivity index (χ1n) is 7.48. The van der Waals surface area contributed by atoms with Crippen molar-refractivity contribution in [2.75, 3.05) is 14.1 Å². The average molecular weight is 307 g/mol. The summed E-state index contributed by atoms with van der Waals surface area (Å²) in [7, 11) is 3.91. The fraction of sp³-hybridized carbons (Fsp3) is 0.471. The second kappa shape index (κ2) is 7.62. The summed E-state index contributed by atoms with van der Waals surface area (Å²) in [6, 6.07) is 8.43. The van der Waals surface area contributed by atoms with Gasteiger partial charge in [-0.1, -0.05) is 23.7 Å². The SMILES string of the molecule is CNC1CCC(N(C)C(=O)C=Cc2ccc(Cl)cc2)CC1. The molecule has 0 aliphatic heterocycles. The van der Waals surface area contributed by atoms with Gasteiger partial charge in [-0.15, -0.1) is 0 Å². The van der Waals surface area contributed by atoms with Crippen LogP contribution in [0.25, 0.3) is 6.08 Å². The van der Waals surface area contributed by atoms with Crippen molar-refractivity contribution in [2.24, 2.45) is 0 Å². The first kappa shape index (κ1) is 16.1. The van der Waals surface area contributed by atoms with E-state index in [0.717, 1.165) is 31.2 Å². The summed E-state index contributed by atoms with van der Waals surface area (Å²) < 4.78 is 0. The van der Waals surface area contributed by atoms with Gasteiger partial charge in [0.25, 0.3) is 0 Å². The summed E-state index contributed by atoms with van der Waals surface area (Å²) in [5.74, 6) is 0.0675. The molecule has 0 radical (unpaired) electrons. The van der Waals surface area contributed by atoms with Gasteiger partial charge in [-0.3, -0.25) is 4.79 Å². The van der Waals surface area contributed by atoms with E-state index in [1.165, 1.54) is 0 Å². The third-order valence-electron chi connectivity index (χ3n) is 4.29. The van der Waals surface area contributed by atoms with E-state index in [1.807, 2.05) is 49.3 Å². The van der Waals surface area contributed by atoms with Crippen LogP contribution in [-0.2, 0) is 4.79 Å². The van der Waals surface area contributed by atoms with E-state index >= 15 is 0 Å². The Labute approximate surface area is 132 Å². The van der Waals surface area contributed by atoms with Crippen LogP contribution < -0.4 is 5.32 Å². The zero-order valence-electron chi connectivity index (χ0n) is 12.7. The van der Waals surface area contributed by atoms with Crippen molar-refractivity contribution < 1.29 is 4.79 Å². The van der Waals surface area contributed by atoms with Crippen LogP contribution in [0.3, 0.4) is 0 Å². The number of likely N-dealkylation sites (N-methyl/N-ethyl adjacent to an activating group) is 1. The largest absolute Gasteiger partial charge is 0.339 e. The quantitative estimate of drug-likeness (QED) is 0.865. The van der Waals surface area contributed by atoms with E-state index in [4.69, 9.17) is 11.6 Å². The summed E-state index contributed by atoms with van der Waals surface area (Å²) >= 11 is 5.85. The van der Waals surface area contributed by atoms with Gasteiger partial charge in [-0.2, -0.15) is 0 Å². The number of nitrogens with one attached hydrogen (secondary N) is 1. The minimum Gasteiger partial charge on any atom is -0.339 e. The molecule has 0 atom stereocenters. The standard InChI is InChI=1S/C17H23ClN2O/c1-19-15-8-10-16(11-9-15)20(2)17(21)12-5-13-3-6-14(18)7-4-13/h3-7,12,15-16,19H,8-11H2,1-2H3. The number of rotatable bonds is 4. The molecule has 0 aromatic heterocycles. The van der Waals surface area contributed by atoms with Gasteiger partial charge in [-0.25, -0.2) is 0 Å². The van der Waals surface area contributed by atoms with Crippen molar-refractivity contribution in [3.8, 4) is 0 Å². The van der Waals surface area contributed by atoms with Crippen LogP contribution in [0.2, 0.25) is 5.02 Å². The van der Waals surface area contributed by atoms with Crippen molar-refractivity contribution in [3.63, 3.8) is 0 Å². The Hall–Kier alpha value is -1.32. The Kier molecular flexibility index (Phi) is 5.83. The molecule has 0 bridgehead atoms. The summed E-state index contributed by atoms with van der Waals surface area (Å²) in [4.78, 5) is 14.1. The van der Waals surface area contributed by atoms with Gasteiger partial charge in [0.1, 0.15) is 0 Å². The second-order valence-corrected chi connectivity index (χ2v) is 6.06. The van der Waals surface area contributed by atoms with Crippen LogP contribution in [-0.4, -0.2) is 37.0 Å². The maximum Gasteiger partial charge on any atom is 0.246 e. The van der Waals surface area contributed by atoms with Gasteiger partial charge < -0.3 is 10.2 Å². The fourth-order valence-electron chi connectivity index (χ4n) is 2.79. The maximum absolute atomic E-state index is 12.2. The smallest absolute Gasteiger partial charge is 0.246 e. The van der Waals surface area contributed by atoms with Crippen LogP contribution >= 0.6 is 11.6 Å². The first-order valence-corrected chi connectivity index (χ1v) is 7.85. The third-order valence-corrected chi connectivity index (χ3v) is 4.54. The normalized spacial score (nSPS) is 22.4. The molecule has 114 valence electrons. The molecule has 1 aliphatic rings. The van der Waals surface area contributed by atoms with E-state index in [-0.39, 0.29) is 5.91 Å². The lowest BCUT2D eigenvalue weighted by Gasteiger charge is -2.34. The number of carbonyl (C=O) groups excluding carboxylic acids is 1. The summed E-state index contributed by atoms with van der Waals surface area (Å²) in [5, 5.41) is 4.02. The lowest BCUT2D eigenvalue weighted by molar-refractivity contribution is -0.127. The monoisotopic (exact) mass is 306 g/mol. The molecule has 1 aliphatic carbocycles. The van der Waals surface area contributed by atoms with E-state index in [9.17, 15) is 4.79 Å². The van der Waals surface area contributed by atoms with Crippen LogP contribution in [0.15, 0.2) is 30.3 Å². The third kappa shape index (κ3) is 4.58. The van der Waals surface area contributed by atoms with Crippen molar-refractivity contribution >= 4 is 23.6 Å². The van der Waals surface area contributed by atoms with Gasteiger partial charge in [-0.05, 0) is 56.5 Å². The topological polar surface area (TPSA) is 32.3 Å². The molecule has 1 amide bonds. The van der Waals surface area contributed by atoms with Crippen molar-refractivity contribution in [1.82, 2.24) is 10.2 Å². The molecule has 1 saturated carbocycles. The molecule has 4 heteroatoms. The molecule has 3 nitrogen and oxygen atoms in total. The van der Waals surface area contributed by atoms with E-state index in [0.29, 0.717) is 17.1 Å². The molecular weight excluding hydrogens is 284 g/mol. The van der Waals surface area contributed by atoms with Crippen LogP contribution in [0, 0.1) is 0 Å². The van der Waals surface area contributed by atoms with E-state index < -0.39 is 0 Å². The minimum absolute atomic E-state index is 0.0675. The zero-order valence-corrected chi connectivity index (χ0v) is 13.4. The number of benzene rings is 1. The Bertz CT molecular complexity index is 490. The van der Waals surface area contributed by atoms with Crippen LogP contribution in [0.5, 0.6) is 0 Å². The lowest BCUT2D eigenvalue weighted by Crippen LogP contribution is -2.41. The van der Waals surface area contributed by atoms with Gasteiger partial charge in [0, 0.05) is 30.2 Å². The number of carbonyl (C=O) groups is 1. The van der Waals surface area contributed by atoms with Gasteiger partial charge in [0.15, 0.2) is 0 Å². The Morgan fingerprint density at radius 2 is 1.86 bits per heavy atom. The predicted molar refractivity (Wildman–Crippen MR) is 88.4 cm³/mol. The minimum atomic E-state index is 0.0675. The van der Waals surface area contributed by atoms with E-state index in [2.05, 4.69) is 5.32 Å². The highest BCUT2D eigenvalue weighted by Crippen LogP contribution is 2.22. The Morgan fingerprint density at radius 1 is 1.24 bits per heavy atom. The zero-order chi connectivity index (χ0) is 15.2. The van der Waals surface area contributed by atoms with Gasteiger partial charge in [0.2, 0.25) is 5.91 Å². The van der Waals surface area contributed by atoms with Crippen LogP contribution in [0.1, 0.15) is 31.2 Å². The summed E-state index contributed by atoms with van der Waals surface area (Å²) in [6.07, 6.45) is 7.91. The highest BCUT2D eigenvalue weighted by atomic mass is 35.5. The molecule has 1 aromatic carbocycles. The molecule has 0 heterocycles. The molecular formula is C17H23ClN2O. The molecule has 0 saturated heterocycles. The lowest BCUT2D eigenvalue weighted by atomic mass is 9.90. The summed E-state index contributed by atoms with van der Waals surface area (Å²) in [6.45, 7) is 0. The first-order chi connectivity index (χ1) is 10.1. The molecule has 2 rings (SSSR count). The van der Waals surface area contributed by atoms with Gasteiger partial charge >= 0.3 is 0 Å². The molecule has 0 spiro atoms. The van der Waals surface area contributed by atoms with E-state index in [1.54, 1.807) is 6.08 Å². The average Bonchev–Trinajstić information content (AvgIpc) is 2.53. The highest BCUT2D eigenvalue weighted by Gasteiger charge is 2.24. The van der Waals surface area contributed by atoms with Crippen molar-refractivity contribution in [2.45, 2.75) is 37.8 Å². The fourth-order valence-corrected chi connectivity index (χ4v) is 2.92. The second-order valence-electron chi connectivity index (χ2n) is 5.63. The van der Waals surface area contributed by atoms with Crippen molar-refractivity contribution in [1.29, 1.82) is 0 Å². The number of nitrogens with zero attached hydrogens (tertiary/aromatic N) is 1. The number of amides is 1. The molecule has 21 heavy (non-hydrogen) atoms. The number of hydrogen-bond acceptors (Lipinski definition) is 2. The molecule has 0 unspecified atom stereocenters. The highest BCUT2D eigenvalue weighted by molar-refractivity contribution is 6.30. The summed E-state index contributed by atoms with van der Waals surface area (Å²) in [5.41, 5.74) is 0.986. The van der Waals surface area contributed by atoms with Crippen LogP contribution in [0.4, 0.5) is 0 Å². The number of halogens is 1. The molecule has 1 fully saturated rings. The predicted octanol–water partition coefficient (Wildman–Crippen LogP) is 3.34. The number of hydrogen-bond donors (Lipinski definition) is 1. The van der Waals surface area contributed by atoms with Gasteiger partial charge in [0.05, 0.1) is 0 Å².